The van der Waals surface area contributed by atoms with Crippen molar-refractivity contribution in [1.29, 1.82) is 0 Å². The van der Waals surface area contributed by atoms with Gasteiger partial charge in [0.15, 0.2) is 0 Å². The highest BCUT2D eigenvalue weighted by Crippen LogP contribution is 2.21. The first-order chi connectivity index (χ1) is 10.0. The number of amides is 1. The third-order valence-corrected chi connectivity index (χ3v) is 3.83. The van der Waals surface area contributed by atoms with E-state index in [1.54, 1.807) is 4.90 Å². The Morgan fingerprint density at radius 1 is 1.33 bits per heavy atom. The van der Waals surface area contributed by atoms with Gasteiger partial charge in [0.1, 0.15) is 5.69 Å². The molecule has 0 bridgehead atoms. The number of aromatic nitrogens is 2. The molecule has 0 saturated carbocycles. The quantitative estimate of drug-likeness (QED) is 0.914. The molecular weight excluding hydrogens is 262 g/mol. The van der Waals surface area contributed by atoms with E-state index in [1.165, 1.54) is 5.56 Å². The van der Waals surface area contributed by atoms with Gasteiger partial charge in [0.2, 0.25) is 0 Å². The van der Waals surface area contributed by atoms with E-state index in [2.05, 4.69) is 48.3 Å². The number of carbonyl (C=O) groups is 1. The average molecular weight is 285 g/mol. The third kappa shape index (κ3) is 3.51. The van der Waals surface area contributed by atoms with Gasteiger partial charge in [-0.15, -0.1) is 0 Å². The number of aromatic amines is 1. The van der Waals surface area contributed by atoms with Crippen LogP contribution < -0.4 is 0 Å². The van der Waals surface area contributed by atoms with Gasteiger partial charge in [0.05, 0.1) is 6.04 Å². The van der Waals surface area contributed by atoms with Crippen molar-refractivity contribution in [1.82, 2.24) is 15.1 Å². The molecule has 1 unspecified atom stereocenters. The molecule has 1 heterocycles. The van der Waals surface area contributed by atoms with Crippen LogP contribution in [0.1, 0.15) is 53.6 Å². The van der Waals surface area contributed by atoms with Crippen LogP contribution in [0.25, 0.3) is 0 Å². The summed E-state index contributed by atoms with van der Waals surface area (Å²) in [4.78, 5) is 14.2. The van der Waals surface area contributed by atoms with Crippen molar-refractivity contribution in [3.05, 3.63) is 52.8 Å². The van der Waals surface area contributed by atoms with Gasteiger partial charge in [0, 0.05) is 12.7 Å². The number of hydrogen-bond donors (Lipinski definition) is 1. The van der Waals surface area contributed by atoms with Crippen molar-refractivity contribution in [2.45, 2.75) is 39.7 Å². The summed E-state index contributed by atoms with van der Waals surface area (Å²) in [5.74, 6) is -0.0540. The van der Waals surface area contributed by atoms with E-state index in [0.717, 1.165) is 24.1 Å². The molecule has 0 aliphatic heterocycles. The Kier molecular flexibility index (Phi) is 4.78. The molecule has 0 fully saturated rings. The summed E-state index contributed by atoms with van der Waals surface area (Å²) < 4.78 is 0. The molecule has 0 aliphatic rings. The van der Waals surface area contributed by atoms with Crippen molar-refractivity contribution in [3.63, 3.8) is 0 Å². The second kappa shape index (κ2) is 6.57. The van der Waals surface area contributed by atoms with E-state index >= 15 is 0 Å². The molecule has 0 radical (unpaired) electrons. The molecule has 4 heteroatoms. The second-order valence-corrected chi connectivity index (χ2v) is 5.53. The van der Waals surface area contributed by atoms with E-state index in [4.69, 9.17) is 0 Å². The zero-order valence-corrected chi connectivity index (χ0v) is 13.2. The Bertz CT molecular complexity index is 601. The van der Waals surface area contributed by atoms with Crippen molar-refractivity contribution in [2.24, 2.45) is 0 Å². The van der Waals surface area contributed by atoms with Crippen molar-refractivity contribution >= 4 is 5.91 Å². The summed E-state index contributed by atoms with van der Waals surface area (Å²) in [6.07, 6.45) is 1.95. The van der Waals surface area contributed by atoms with Crippen LogP contribution >= 0.6 is 0 Å². The Morgan fingerprint density at radius 3 is 2.62 bits per heavy atom. The van der Waals surface area contributed by atoms with Gasteiger partial charge in [-0.1, -0.05) is 43.2 Å². The summed E-state index contributed by atoms with van der Waals surface area (Å²) in [7, 11) is 1.82. The minimum Gasteiger partial charge on any atom is -0.334 e. The van der Waals surface area contributed by atoms with Gasteiger partial charge in [-0.2, -0.15) is 5.10 Å². The van der Waals surface area contributed by atoms with E-state index in [1.807, 2.05) is 20.0 Å². The monoisotopic (exact) mass is 285 g/mol. The fourth-order valence-corrected chi connectivity index (χ4v) is 2.29. The maximum absolute atomic E-state index is 12.5. The van der Waals surface area contributed by atoms with Crippen LogP contribution in [-0.4, -0.2) is 28.1 Å². The summed E-state index contributed by atoms with van der Waals surface area (Å²) in [5, 5.41) is 7.06. The Balaban J connectivity index is 2.12. The average Bonchev–Trinajstić information content (AvgIpc) is 2.95. The lowest BCUT2D eigenvalue weighted by atomic mass is 10.1. The fraction of sp³-hybridized carbons (Fsp3) is 0.412. The number of hydrogen-bond acceptors (Lipinski definition) is 2. The third-order valence-electron chi connectivity index (χ3n) is 3.83. The van der Waals surface area contributed by atoms with E-state index < -0.39 is 0 Å². The molecule has 0 saturated heterocycles. The van der Waals surface area contributed by atoms with E-state index in [0.29, 0.717) is 5.69 Å². The van der Waals surface area contributed by atoms with Crippen molar-refractivity contribution < 1.29 is 4.79 Å². The molecule has 4 nitrogen and oxygen atoms in total. The van der Waals surface area contributed by atoms with Gasteiger partial charge in [-0.3, -0.25) is 9.89 Å². The molecule has 0 spiro atoms. The highest BCUT2D eigenvalue weighted by atomic mass is 16.2. The lowest BCUT2D eigenvalue weighted by molar-refractivity contribution is 0.0736. The van der Waals surface area contributed by atoms with Gasteiger partial charge in [-0.05, 0) is 31.9 Å². The molecule has 1 aromatic heterocycles. The molecule has 21 heavy (non-hydrogen) atoms. The SMILES string of the molecule is CCCc1cc(C(=O)N(C)C(C)c2ccc(C)cc2)n[nH]1. The topological polar surface area (TPSA) is 49.0 Å². The minimum atomic E-state index is -0.0540. The largest absolute Gasteiger partial charge is 0.334 e. The first kappa shape index (κ1) is 15.3. The zero-order chi connectivity index (χ0) is 15.4. The molecule has 0 aliphatic carbocycles. The van der Waals surface area contributed by atoms with Crippen LogP contribution in [-0.2, 0) is 6.42 Å². The molecule has 1 amide bonds. The second-order valence-electron chi connectivity index (χ2n) is 5.53. The first-order valence-electron chi connectivity index (χ1n) is 7.41. The Hall–Kier alpha value is -2.10. The first-order valence-corrected chi connectivity index (χ1v) is 7.41. The summed E-state index contributed by atoms with van der Waals surface area (Å²) in [6, 6.07) is 10.1. The summed E-state index contributed by atoms with van der Waals surface area (Å²) in [5.41, 5.74) is 3.84. The highest BCUT2D eigenvalue weighted by molar-refractivity contribution is 5.92. The van der Waals surface area contributed by atoms with Crippen LogP contribution in [0.5, 0.6) is 0 Å². The van der Waals surface area contributed by atoms with Crippen LogP contribution in [0.3, 0.4) is 0 Å². The van der Waals surface area contributed by atoms with Gasteiger partial charge in [-0.25, -0.2) is 0 Å². The normalized spacial score (nSPS) is 12.2. The van der Waals surface area contributed by atoms with Gasteiger partial charge >= 0.3 is 0 Å². The molecule has 1 aromatic carbocycles. The van der Waals surface area contributed by atoms with E-state index in [9.17, 15) is 4.79 Å². The van der Waals surface area contributed by atoms with Crippen LogP contribution in [0.15, 0.2) is 30.3 Å². The molecular formula is C17H23N3O. The number of rotatable bonds is 5. The summed E-state index contributed by atoms with van der Waals surface area (Å²) in [6.45, 7) is 6.19. The van der Waals surface area contributed by atoms with Crippen molar-refractivity contribution in [3.8, 4) is 0 Å². The maximum atomic E-state index is 12.5. The Morgan fingerprint density at radius 2 is 2.00 bits per heavy atom. The number of carbonyl (C=O) groups excluding carboxylic acids is 1. The lowest BCUT2D eigenvalue weighted by Gasteiger charge is -2.24. The van der Waals surface area contributed by atoms with Crippen LogP contribution in [0.4, 0.5) is 0 Å². The molecule has 1 atom stereocenters. The predicted octanol–water partition coefficient (Wildman–Crippen LogP) is 3.50. The molecule has 112 valence electrons. The van der Waals surface area contributed by atoms with Gasteiger partial charge in [0.25, 0.3) is 5.91 Å². The van der Waals surface area contributed by atoms with E-state index in [-0.39, 0.29) is 11.9 Å². The number of H-pyrrole nitrogens is 1. The predicted molar refractivity (Wildman–Crippen MR) is 84.3 cm³/mol. The van der Waals surface area contributed by atoms with Crippen molar-refractivity contribution in [2.75, 3.05) is 7.05 Å². The molecule has 2 aromatic rings. The van der Waals surface area contributed by atoms with Gasteiger partial charge < -0.3 is 4.90 Å². The molecule has 1 N–H and O–H groups in total. The highest BCUT2D eigenvalue weighted by Gasteiger charge is 2.21. The summed E-state index contributed by atoms with van der Waals surface area (Å²) >= 11 is 0. The number of aryl methyl sites for hydroxylation is 2. The van der Waals surface area contributed by atoms with Crippen LogP contribution in [0, 0.1) is 6.92 Å². The lowest BCUT2D eigenvalue weighted by Crippen LogP contribution is -2.29. The number of benzene rings is 1. The number of nitrogens with zero attached hydrogens (tertiary/aromatic N) is 2. The van der Waals surface area contributed by atoms with Crippen LogP contribution in [0.2, 0.25) is 0 Å². The smallest absolute Gasteiger partial charge is 0.274 e. The minimum absolute atomic E-state index is 0.0180. The maximum Gasteiger partial charge on any atom is 0.274 e. The Labute approximate surface area is 126 Å². The number of nitrogens with one attached hydrogen (secondary N) is 1. The zero-order valence-electron chi connectivity index (χ0n) is 13.2. The standard InChI is InChI=1S/C17H23N3O/c1-5-6-15-11-16(19-18-15)17(21)20(4)13(3)14-9-7-12(2)8-10-14/h7-11,13H,5-6H2,1-4H3,(H,18,19). The molecule has 2 rings (SSSR count). The fourth-order valence-electron chi connectivity index (χ4n) is 2.29.